The van der Waals surface area contributed by atoms with Crippen LogP contribution in [0.15, 0.2) is 187 Å². The van der Waals surface area contributed by atoms with Gasteiger partial charge in [-0.3, -0.25) is 4.99 Å². The average Bonchev–Trinajstić information content (AvgIpc) is 3.58. The van der Waals surface area contributed by atoms with Crippen LogP contribution in [0.5, 0.6) is 11.5 Å². The lowest BCUT2D eigenvalue weighted by Gasteiger charge is -2.39. The van der Waals surface area contributed by atoms with Crippen molar-refractivity contribution >= 4 is 17.0 Å². The minimum Gasteiger partial charge on any atom is -0.457 e. The van der Waals surface area contributed by atoms with E-state index < -0.39 is 5.41 Å². The van der Waals surface area contributed by atoms with Gasteiger partial charge in [-0.1, -0.05) is 155 Å². The van der Waals surface area contributed by atoms with Crippen molar-refractivity contribution in [3.63, 3.8) is 0 Å². The van der Waals surface area contributed by atoms with E-state index in [4.69, 9.17) is 16.3 Å². The highest BCUT2D eigenvalue weighted by molar-refractivity contribution is 6.06. The van der Waals surface area contributed by atoms with Crippen LogP contribution in [0.4, 0.5) is 0 Å². The molecule has 3 nitrogen and oxygen atoms in total. The Hall–Kier alpha value is -7.02. The quantitative estimate of drug-likeness (QED) is 0.109. The van der Waals surface area contributed by atoms with Crippen LogP contribution in [0.3, 0.4) is 0 Å². The summed E-state index contributed by atoms with van der Waals surface area (Å²) in [5.41, 5.74) is 16.5. The number of benzene rings is 7. The largest absolute Gasteiger partial charge is 0.457 e. The Morgan fingerprint density at radius 1 is 0.621 bits per heavy atom. The molecule has 0 saturated carbocycles. The predicted molar refractivity (Wildman–Crippen MR) is 239 cm³/mol. The van der Waals surface area contributed by atoms with E-state index in [1.165, 1.54) is 22.3 Å². The first-order valence-electron chi connectivity index (χ1n) is 20.2. The fraction of sp³-hybridized carbons (Fsp3) is 0.127. The highest BCUT2D eigenvalue weighted by Gasteiger charge is 2.51. The zero-order valence-electron chi connectivity index (χ0n) is 33.2. The molecule has 1 atom stereocenters. The third-order valence-electron chi connectivity index (χ3n) is 12.1. The minimum atomic E-state index is -0.597. The summed E-state index contributed by atoms with van der Waals surface area (Å²) in [5.74, 6) is 1.92. The monoisotopic (exact) mass is 748 g/mol. The second-order valence-electron chi connectivity index (χ2n) is 15.3. The van der Waals surface area contributed by atoms with Gasteiger partial charge in [0.25, 0.3) is 0 Å². The molecule has 7 aromatic rings. The van der Waals surface area contributed by atoms with Crippen molar-refractivity contribution in [1.82, 2.24) is 0 Å². The molecule has 2 aliphatic rings. The summed E-state index contributed by atoms with van der Waals surface area (Å²) in [4.78, 5) is 5.77. The van der Waals surface area contributed by atoms with Crippen LogP contribution in [-0.2, 0) is 5.41 Å². The molecule has 0 aromatic heterocycles. The number of nitriles is 1. The summed E-state index contributed by atoms with van der Waals surface area (Å²) >= 11 is 0. The van der Waals surface area contributed by atoms with E-state index in [2.05, 4.69) is 172 Å². The van der Waals surface area contributed by atoms with Gasteiger partial charge in [-0.15, -0.1) is 0 Å². The third kappa shape index (κ3) is 6.01. The minimum absolute atomic E-state index is 0.205. The van der Waals surface area contributed by atoms with E-state index in [0.29, 0.717) is 12.0 Å². The number of rotatable bonds is 9. The molecule has 1 aliphatic heterocycles. The smallest absolute Gasteiger partial charge is 0.132 e. The summed E-state index contributed by atoms with van der Waals surface area (Å²) in [6.07, 6.45) is 1.66. The van der Waals surface area contributed by atoms with Crippen molar-refractivity contribution in [2.45, 2.75) is 39.0 Å². The number of fused-ring (bicyclic) bond motifs is 9. The van der Waals surface area contributed by atoms with Crippen LogP contribution in [0.25, 0.3) is 33.5 Å². The number of nitrogens with zero attached hydrogens (tertiary/aromatic N) is 2. The van der Waals surface area contributed by atoms with Gasteiger partial charge in [0.2, 0.25) is 0 Å². The van der Waals surface area contributed by atoms with Crippen molar-refractivity contribution in [2.75, 3.05) is 0 Å². The Labute approximate surface area is 342 Å². The number of para-hydroxylation sites is 1. The Bertz CT molecular complexity index is 2770. The van der Waals surface area contributed by atoms with Crippen molar-refractivity contribution in [3.8, 4) is 39.8 Å². The standard InChI is InChI=1S/C55H44N2O/c1-5-36(3)53(40-17-8-7-9-18-40)57-54(44(6-2)37(4)41-19-16-20-42(33-41)39-29-27-38(35-56)28-30-39)43-31-32-52-50(34-43)55(49-25-14-15-26-51(49)58-52)47-23-12-10-21-45(47)46-22-11-13-24-48(46)55/h7-34,36H,4-6H2,1-3H3/b54-44-,57-53?. The number of hydrogen-bond donors (Lipinski definition) is 0. The Morgan fingerprint density at radius 3 is 1.91 bits per heavy atom. The normalized spacial score (nSPS) is 14.2. The first-order chi connectivity index (χ1) is 28.5. The van der Waals surface area contributed by atoms with Gasteiger partial charge in [0, 0.05) is 16.7 Å². The average molecular weight is 749 g/mol. The number of aliphatic imine (C=N–C) groups is 1. The molecule has 3 heteroatoms. The van der Waals surface area contributed by atoms with Gasteiger partial charge in [0.1, 0.15) is 11.5 Å². The predicted octanol–water partition coefficient (Wildman–Crippen LogP) is 14.1. The fourth-order valence-electron chi connectivity index (χ4n) is 9.01. The third-order valence-corrected chi connectivity index (χ3v) is 12.1. The van der Waals surface area contributed by atoms with Gasteiger partial charge in [-0.05, 0) is 117 Å². The fourth-order valence-corrected chi connectivity index (χ4v) is 9.01. The lowest BCUT2D eigenvalue weighted by Crippen LogP contribution is -2.32. The summed E-state index contributed by atoms with van der Waals surface area (Å²) in [6, 6.07) is 62.0. The summed E-state index contributed by atoms with van der Waals surface area (Å²) in [5, 5.41) is 9.41. The van der Waals surface area contributed by atoms with Crippen LogP contribution in [0.1, 0.15) is 78.1 Å². The van der Waals surface area contributed by atoms with E-state index >= 15 is 0 Å². The lowest BCUT2D eigenvalue weighted by molar-refractivity contribution is 0.436. The van der Waals surface area contributed by atoms with Crippen LogP contribution >= 0.6 is 0 Å². The van der Waals surface area contributed by atoms with Crippen LogP contribution < -0.4 is 4.74 Å². The maximum atomic E-state index is 9.41. The summed E-state index contributed by atoms with van der Waals surface area (Å²) in [7, 11) is 0. The van der Waals surface area contributed by atoms with E-state index in [1.54, 1.807) is 0 Å². The van der Waals surface area contributed by atoms with Crippen molar-refractivity contribution in [1.29, 1.82) is 5.26 Å². The molecular weight excluding hydrogens is 705 g/mol. The van der Waals surface area contributed by atoms with Crippen LogP contribution in [0.2, 0.25) is 0 Å². The first-order valence-corrected chi connectivity index (χ1v) is 20.2. The molecule has 0 N–H and O–H groups in total. The molecule has 0 fully saturated rings. The number of ether oxygens (including phenoxy) is 1. The van der Waals surface area contributed by atoms with Gasteiger partial charge in [-0.2, -0.15) is 5.26 Å². The molecule has 1 spiro atoms. The van der Waals surface area contributed by atoms with Gasteiger partial charge in [0.05, 0.1) is 28.5 Å². The van der Waals surface area contributed by atoms with Gasteiger partial charge < -0.3 is 4.74 Å². The second-order valence-corrected chi connectivity index (χ2v) is 15.3. The first kappa shape index (κ1) is 36.6. The van der Waals surface area contributed by atoms with E-state index in [-0.39, 0.29) is 5.92 Å². The van der Waals surface area contributed by atoms with Crippen molar-refractivity contribution in [2.24, 2.45) is 10.9 Å². The van der Waals surface area contributed by atoms with E-state index in [9.17, 15) is 5.26 Å². The highest BCUT2D eigenvalue weighted by Crippen LogP contribution is 2.62. The van der Waals surface area contributed by atoms with Crippen molar-refractivity contribution in [3.05, 3.63) is 227 Å². The summed E-state index contributed by atoms with van der Waals surface area (Å²) < 4.78 is 6.82. The SMILES string of the molecule is C=C(/C(CC)=C(\N=C(c1ccccc1)C(C)CC)c1ccc2c(c1)C1(c3ccccc3O2)c2ccccc2-c2ccccc21)c1cccc(-c2ccc(C#N)cc2)c1. The Balaban J connectivity index is 1.30. The van der Waals surface area contributed by atoms with Crippen molar-refractivity contribution < 1.29 is 4.74 Å². The number of allylic oxidation sites excluding steroid dienone is 2. The van der Waals surface area contributed by atoms with Gasteiger partial charge >= 0.3 is 0 Å². The molecule has 280 valence electrons. The molecule has 58 heavy (non-hydrogen) atoms. The molecule has 0 amide bonds. The molecular formula is C55H44N2O. The summed E-state index contributed by atoms with van der Waals surface area (Å²) in [6.45, 7) is 11.5. The molecule has 0 bridgehead atoms. The molecule has 9 rings (SSSR count). The van der Waals surface area contributed by atoms with Gasteiger partial charge in [-0.25, -0.2) is 0 Å². The van der Waals surface area contributed by atoms with Crippen LogP contribution in [0, 0.1) is 17.2 Å². The van der Waals surface area contributed by atoms with Crippen LogP contribution in [-0.4, -0.2) is 5.71 Å². The van der Waals surface area contributed by atoms with E-state index in [1.807, 2.05) is 24.3 Å². The zero-order valence-corrected chi connectivity index (χ0v) is 33.2. The molecule has 0 saturated heterocycles. The molecule has 7 aromatic carbocycles. The molecule has 1 heterocycles. The molecule has 1 unspecified atom stereocenters. The number of hydrogen-bond acceptors (Lipinski definition) is 3. The van der Waals surface area contributed by atoms with Gasteiger partial charge in [0.15, 0.2) is 0 Å². The maximum absolute atomic E-state index is 9.41. The zero-order chi connectivity index (χ0) is 39.8. The topological polar surface area (TPSA) is 45.4 Å². The highest BCUT2D eigenvalue weighted by atomic mass is 16.5. The maximum Gasteiger partial charge on any atom is 0.132 e. The lowest BCUT2D eigenvalue weighted by atomic mass is 9.66. The Morgan fingerprint density at radius 2 is 1.24 bits per heavy atom. The Kier molecular flexibility index (Phi) is 9.56. The van der Waals surface area contributed by atoms with E-state index in [0.717, 1.165) is 79.4 Å². The molecule has 1 aliphatic carbocycles. The second kappa shape index (κ2) is 15.1. The molecule has 0 radical (unpaired) electrons.